The lowest BCUT2D eigenvalue weighted by Crippen LogP contribution is -2.17. The molecule has 23 heavy (non-hydrogen) atoms. The predicted molar refractivity (Wildman–Crippen MR) is 71.9 cm³/mol. The Morgan fingerprint density at radius 2 is 1.87 bits per heavy atom. The molecular weight excluding hydrogens is 319 g/mol. The first kappa shape index (κ1) is 16.2. The van der Waals surface area contributed by atoms with Gasteiger partial charge in [0, 0.05) is 5.56 Å². The van der Waals surface area contributed by atoms with Gasteiger partial charge in [0.15, 0.2) is 5.76 Å². The van der Waals surface area contributed by atoms with Gasteiger partial charge < -0.3 is 4.42 Å². The molecule has 0 saturated heterocycles. The van der Waals surface area contributed by atoms with E-state index in [2.05, 4.69) is 10.5 Å². The molecule has 1 heterocycles. The number of hydrogen-bond acceptors (Lipinski definition) is 5. The highest BCUT2D eigenvalue weighted by Gasteiger charge is 2.30. The molecule has 0 spiro atoms. The second kappa shape index (κ2) is 6.30. The van der Waals surface area contributed by atoms with Gasteiger partial charge in [0.1, 0.15) is 4.92 Å². The summed E-state index contributed by atoms with van der Waals surface area (Å²) in [6.07, 6.45) is -3.46. The molecule has 0 fully saturated rings. The molecule has 0 aliphatic rings. The summed E-state index contributed by atoms with van der Waals surface area (Å²) in [5.74, 6) is -1.19. The Kier molecular flexibility index (Phi) is 4.44. The number of halogens is 3. The summed E-state index contributed by atoms with van der Waals surface area (Å²) in [4.78, 5) is 21.3. The number of amides is 1. The van der Waals surface area contributed by atoms with Crippen LogP contribution in [0.5, 0.6) is 0 Å². The van der Waals surface area contributed by atoms with E-state index in [4.69, 9.17) is 4.42 Å². The van der Waals surface area contributed by atoms with Gasteiger partial charge >= 0.3 is 12.1 Å². The molecule has 0 radical (unpaired) electrons. The zero-order valence-electron chi connectivity index (χ0n) is 11.2. The zero-order valence-corrected chi connectivity index (χ0v) is 11.2. The first-order valence-electron chi connectivity index (χ1n) is 6.02. The van der Waals surface area contributed by atoms with E-state index in [9.17, 15) is 28.1 Å². The first-order chi connectivity index (χ1) is 10.8. The third-order valence-corrected chi connectivity index (χ3v) is 2.62. The Labute approximate surface area is 126 Å². The van der Waals surface area contributed by atoms with Crippen molar-refractivity contribution in [1.29, 1.82) is 0 Å². The molecule has 0 unspecified atom stereocenters. The van der Waals surface area contributed by atoms with Crippen LogP contribution in [0, 0.1) is 10.1 Å². The molecule has 2 rings (SSSR count). The van der Waals surface area contributed by atoms with E-state index in [1.807, 2.05) is 0 Å². The highest BCUT2D eigenvalue weighted by Crippen LogP contribution is 2.29. The van der Waals surface area contributed by atoms with Crippen LogP contribution in [0.15, 0.2) is 45.9 Å². The van der Waals surface area contributed by atoms with Gasteiger partial charge in [0.2, 0.25) is 0 Å². The standard InChI is InChI=1S/C13H8F3N3O4/c14-13(15,16)9-3-1-8(2-4-9)12(20)18-17-7-10-5-6-11(23-10)19(21)22/h1-7H,(H,18,20)/b17-7+. The summed E-state index contributed by atoms with van der Waals surface area (Å²) in [5, 5.41) is 13.9. The summed E-state index contributed by atoms with van der Waals surface area (Å²) < 4.78 is 41.9. The number of furan rings is 1. The average Bonchev–Trinajstić information content (AvgIpc) is 2.95. The SMILES string of the molecule is O=C(N/N=C/c1ccc([N+](=O)[O-])o1)c1ccc(C(F)(F)F)cc1. The summed E-state index contributed by atoms with van der Waals surface area (Å²) in [6, 6.07) is 5.94. The van der Waals surface area contributed by atoms with E-state index in [1.54, 1.807) is 0 Å². The van der Waals surface area contributed by atoms with Crippen LogP contribution in [0.3, 0.4) is 0 Å². The van der Waals surface area contributed by atoms with E-state index >= 15 is 0 Å². The monoisotopic (exact) mass is 327 g/mol. The van der Waals surface area contributed by atoms with Crippen molar-refractivity contribution in [1.82, 2.24) is 5.43 Å². The topological polar surface area (TPSA) is 97.7 Å². The predicted octanol–water partition coefficient (Wildman–Crippen LogP) is 2.97. The first-order valence-corrected chi connectivity index (χ1v) is 6.02. The van der Waals surface area contributed by atoms with E-state index in [0.717, 1.165) is 36.5 Å². The van der Waals surface area contributed by atoms with Crippen LogP contribution in [0.2, 0.25) is 0 Å². The summed E-state index contributed by atoms with van der Waals surface area (Å²) >= 11 is 0. The number of carbonyl (C=O) groups excluding carboxylic acids is 1. The Hall–Kier alpha value is -3.17. The van der Waals surface area contributed by atoms with Crippen molar-refractivity contribution < 1.29 is 27.3 Å². The van der Waals surface area contributed by atoms with Gasteiger partial charge in [-0.3, -0.25) is 14.9 Å². The molecule has 1 N–H and O–H groups in total. The maximum atomic E-state index is 12.4. The molecule has 1 aromatic carbocycles. The fraction of sp³-hybridized carbons (Fsp3) is 0.0769. The molecule has 2 aromatic rings. The highest BCUT2D eigenvalue weighted by atomic mass is 19.4. The van der Waals surface area contributed by atoms with Crippen LogP contribution >= 0.6 is 0 Å². The number of hydrogen-bond donors (Lipinski definition) is 1. The number of rotatable bonds is 4. The van der Waals surface area contributed by atoms with Crippen LogP contribution in [0.1, 0.15) is 21.7 Å². The van der Waals surface area contributed by atoms with E-state index in [0.29, 0.717) is 0 Å². The maximum absolute atomic E-state index is 12.4. The number of hydrazone groups is 1. The van der Waals surface area contributed by atoms with E-state index in [1.165, 1.54) is 6.07 Å². The van der Waals surface area contributed by atoms with Crippen LogP contribution in [0.25, 0.3) is 0 Å². The van der Waals surface area contributed by atoms with Gasteiger partial charge in [0.25, 0.3) is 5.91 Å². The summed E-state index contributed by atoms with van der Waals surface area (Å²) in [6.45, 7) is 0. The fourth-order valence-electron chi connectivity index (χ4n) is 1.54. The third-order valence-electron chi connectivity index (χ3n) is 2.62. The number of nitro groups is 1. The minimum atomic E-state index is -4.48. The summed E-state index contributed by atoms with van der Waals surface area (Å²) in [5.41, 5.74) is 1.16. The Morgan fingerprint density at radius 3 is 2.39 bits per heavy atom. The number of nitrogens with zero attached hydrogens (tertiary/aromatic N) is 2. The molecule has 0 saturated carbocycles. The molecule has 120 valence electrons. The van der Waals surface area contributed by atoms with Crippen molar-refractivity contribution >= 4 is 18.0 Å². The number of carbonyl (C=O) groups is 1. The molecule has 0 atom stereocenters. The lowest BCUT2D eigenvalue weighted by molar-refractivity contribution is -0.402. The second-order valence-corrected chi connectivity index (χ2v) is 4.21. The molecule has 7 nitrogen and oxygen atoms in total. The van der Waals surface area contributed by atoms with Gasteiger partial charge in [-0.15, -0.1) is 0 Å². The quantitative estimate of drug-likeness (QED) is 0.530. The van der Waals surface area contributed by atoms with Gasteiger partial charge in [-0.05, 0) is 30.3 Å². The number of alkyl halides is 3. The minimum absolute atomic E-state index is 0.0272. The van der Waals surface area contributed by atoms with E-state index in [-0.39, 0.29) is 11.3 Å². The van der Waals surface area contributed by atoms with Crippen molar-refractivity contribution in [3.63, 3.8) is 0 Å². The highest BCUT2D eigenvalue weighted by molar-refractivity contribution is 5.94. The largest absolute Gasteiger partial charge is 0.433 e. The van der Waals surface area contributed by atoms with Gasteiger partial charge in [-0.25, -0.2) is 5.43 Å². The van der Waals surface area contributed by atoms with Crippen molar-refractivity contribution in [2.75, 3.05) is 0 Å². The lowest BCUT2D eigenvalue weighted by Gasteiger charge is -2.06. The molecule has 0 aliphatic heterocycles. The second-order valence-electron chi connectivity index (χ2n) is 4.21. The zero-order chi connectivity index (χ0) is 17.0. The molecule has 0 aliphatic carbocycles. The fourth-order valence-corrected chi connectivity index (χ4v) is 1.54. The van der Waals surface area contributed by atoms with Gasteiger partial charge in [-0.1, -0.05) is 0 Å². The number of benzene rings is 1. The van der Waals surface area contributed by atoms with Gasteiger partial charge in [0.05, 0.1) is 17.8 Å². The lowest BCUT2D eigenvalue weighted by atomic mass is 10.1. The van der Waals surface area contributed by atoms with Crippen LogP contribution in [-0.2, 0) is 6.18 Å². The molecule has 0 bridgehead atoms. The molecule has 1 aromatic heterocycles. The van der Waals surface area contributed by atoms with Crippen molar-refractivity contribution in [3.05, 3.63) is 63.4 Å². The maximum Gasteiger partial charge on any atom is 0.433 e. The Bertz CT molecular complexity index is 751. The minimum Gasteiger partial charge on any atom is -0.400 e. The van der Waals surface area contributed by atoms with Crippen LogP contribution < -0.4 is 5.43 Å². The third kappa shape index (κ3) is 4.15. The Morgan fingerprint density at radius 1 is 1.22 bits per heavy atom. The molecule has 10 heteroatoms. The molecule has 1 amide bonds. The van der Waals surface area contributed by atoms with Crippen molar-refractivity contribution in [3.8, 4) is 0 Å². The number of nitrogens with one attached hydrogen (secondary N) is 1. The van der Waals surface area contributed by atoms with Crippen molar-refractivity contribution in [2.45, 2.75) is 6.18 Å². The molecular formula is C13H8F3N3O4. The average molecular weight is 327 g/mol. The van der Waals surface area contributed by atoms with Crippen molar-refractivity contribution in [2.24, 2.45) is 5.10 Å². The Balaban J connectivity index is 1.98. The van der Waals surface area contributed by atoms with Gasteiger partial charge in [-0.2, -0.15) is 18.3 Å². The normalized spacial score (nSPS) is 11.6. The van der Waals surface area contributed by atoms with Crippen LogP contribution in [0.4, 0.5) is 19.1 Å². The smallest absolute Gasteiger partial charge is 0.400 e. The van der Waals surface area contributed by atoms with Crippen LogP contribution in [-0.4, -0.2) is 17.0 Å². The summed E-state index contributed by atoms with van der Waals surface area (Å²) in [7, 11) is 0. The van der Waals surface area contributed by atoms with E-state index < -0.39 is 28.5 Å².